The van der Waals surface area contributed by atoms with Gasteiger partial charge in [-0.25, -0.2) is 4.98 Å². The Labute approximate surface area is 151 Å². The van der Waals surface area contributed by atoms with Crippen LogP contribution in [0.5, 0.6) is 0 Å². The third-order valence-electron chi connectivity index (χ3n) is 3.92. The number of halogens is 1. The van der Waals surface area contributed by atoms with Gasteiger partial charge in [0.15, 0.2) is 0 Å². The molecule has 2 aromatic heterocycles. The molecule has 130 valence electrons. The lowest BCUT2D eigenvalue weighted by molar-refractivity contribution is -0.117. The summed E-state index contributed by atoms with van der Waals surface area (Å²) in [5.41, 5.74) is 3.56. The van der Waals surface area contributed by atoms with Gasteiger partial charge < -0.3 is 5.32 Å². The van der Waals surface area contributed by atoms with Gasteiger partial charge in [0.05, 0.1) is 6.04 Å². The minimum absolute atomic E-state index is 0.172. The summed E-state index contributed by atoms with van der Waals surface area (Å²) in [7, 11) is 0. The lowest BCUT2D eigenvalue weighted by Crippen LogP contribution is -2.24. The highest BCUT2D eigenvalue weighted by molar-refractivity contribution is 5.91. The Kier molecular flexibility index (Phi) is 5.49. The highest BCUT2D eigenvalue weighted by Gasteiger charge is 2.09. The lowest BCUT2D eigenvalue weighted by Gasteiger charge is -2.14. The molecule has 0 aliphatic heterocycles. The first-order valence-electron chi connectivity index (χ1n) is 8.22. The van der Waals surface area contributed by atoms with Gasteiger partial charge in [-0.1, -0.05) is 24.3 Å². The van der Waals surface area contributed by atoms with Gasteiger partial charge in [0.2, 0.25) is 11.9 Å². The number of carbonyl (C=O) groups is 1. The number of hydrogen-bond donors (Lipinski definition) is 1. The molecule has 0 radical (unpaired) electrons. The maximum Gasteiger partial charge on any atom is 0.244 e. The lowest BCUT2D eigenvalue weighted by atomic mass is 10.0. The molecule has 0 aliphatic rings. The third-order valence-corrected chi connectivity index (χ3v) is 3.92. The first-order chi connectivity index (χ1) is 12.6. The third kappa shape index (κ3) is 4.60. The number of carbonyl (C=O) groups excluding carboxylic acids is 1. The van der Waals surface area contributed by atoms with Crippen molar-refractivity contribution in [1.82, 2.24) is 15.3 Å². The minimum atomic E-state index is -0.508. The number of pyridine rings is 2. The average molecular weight is 347 g/mol. The molecule has 0 saturated carbocycles. The van der Waals surface area contributed by atoms with E-state index in [-0.39, 0.29) is 11.9 Å². The van der Waals surface area contributed by atoms with Crippen molar-refractivity contribution < 1.29 is 9.18 Å². The molecule has 5 heteroatoms. The largest absolute Gasteiger partial charge is 0.346 e. The molecule has 1 atom stereocenters. The van der Waals surface area contributed by atoms with E-state index < -0.39 is 5.95 Å². The summed E-state index contributed by atoms with van der Waals surface area (Å²) in [6, 6.07) is 14.3. The Morgan fingerprint density at radius 3 is 2.73 bits per heavy atom. The molecule has 26 heavy (non-hydrogen) atoms. The van der Waals surface area contributed by atoms with Gasteiger partial charge in [-0.2, -0.15) is 4.39 Å². The molecule has 1 N–H and O–H groups in total. The van der Waals surface area contributed by atoms with Gasteiger partial charge in [-0.3, -0.25) is 9.78 Å². The Morgan fingerprint density at radius 2 is 2.00 bits per heavy atom. The van der Waals surface area contributed by atoms with Crippen molar-refractivity contribution in [3.05, 3.63) is 90.3 Å². The first kappa shape index (κ1) is 17.5. The molecule has 2 heterocycles. The molecule has 1 aromatic carbocycles. The zero-order chi connectivity index (χ0) is 18.4. The monoisotopic (exact) mass is 347 g/mol. The van der Waals surface area contributed by atoms with Crippen molar-refractivity contribution in [3.8, 4) is 11.1 Å². The fourth-order valence-corrected chi connectivity index (χ4v) is 2.53. The quantitative estimate of drug-likeness (QED) is 0.557. The highest BCUT2D eigenvalue weighted by Crippen LogP contribution is 2.22. The van der Waals surface area contributed by atoms with E-state index in [1.54, 1.807) is 24.5 Å². The van der Waals surface area contributed by atoms with Crippen LogP contribution in [0.4, 0.5) is 4.39 Å². The molecular weight excluding hydrogens is 329 g/mol. The van der Waals surface area contributed by atoms with E-state index in [1.807, 2.05) is 43.3 Å². The summed E-state index contributed by atoms with van der Waals surface area (Å²) in [5, 5.41) is 2.93. The molecule has 3 rings (SSSR count). The summed E-state index contributed by atoms with van der Waals surface area (Å²) < 4.78 is 13.0. The maximum atomic E-state index is 13.0. The molecule has 0 spiro atoms. The molecule has 3 aromatic rings. The van der Waals surface area contributed by atoms with Gasteiger partial charge >= 0.3 is 0 Å². The maximum absolute atomic E-state index is 13.0. The zero-order valence-electron chi connectivity index (χ0n) is 14.3. The number of amides is 1. The molecule has 0 fully saturated rings. The topological polar surface area (TPSA) is 54.9 Å². The van der Waals surface area contributed by atoms with Gasteiger partial charge in [0.1, 0.15) is 0 Å². The second-order valence-electron chi connectivity index (χ2n) is 5.85. The van der Waals surface area contributed by atoms with Crippen molar-refractivity contribution in [2.24, 2.45) is 0 Å². The molecule has 0 unspecified atom stereocenters. The van der Waals surface area contributed by atoms with E-state index >= 15 is 0 Å². The average Bonchev–Trinajstić information content (AvgIpc) is 2.68. The van der Waals surface area contributed by atoms with Gasteiger partial charge in [0, 0.05) is 30.2 Å². The standard InChI is InChI=1S/C21H18FN3O/c1-15(25-21(26)10-7-16-4-3-11-23-13-16)17-5-2-6-18(12-17)19-8-9-20(22)24-14-19/h2-15H,1H3,(H,25,26)/b10-7-/t15-/m0/s1. The van der Waals surface area contributed by atoms with Crippen LogP contribution in [0.15, 0.2) is 73.2 Å². The summed E-state index contributed by atoms with van der Waals surface area (Å²) in [5.74, 6) is -0.693. The summed E-state index contributed by atoms with van der Waals surface area (Å²) in [6.07, 6.45) is 8.07. The van der Waals surface area contributed by atoms with Crippen LogP contribution < -0.4 is 5.32 Å². The molecule has 4 nitrogen and oxygen atoms in total. The van der Waals surface area contributed by atoms with Crippen LogP contribution >= 0.6 is 0 Å². The van der Waals surface area contributed by atoms with Crippen LogP contribution in [0.3, 0.4) is 0 Å². The van der Waals surface area contributed by atoms with E-state index in [0.717, 1.165) is 22.3 Å². The van der Waals surface area contributed by atoms with Gasteiger partial charge in [0.25, 0.3) is 0 Å². The van der Waals surface area contributed by atoms with Crippen molar-refractivity contribution in [3.63, 3.8) is 0 Å². The van der Waals surface area contributed by atoms with Crippen molar-refractivity contribution >= 4 is 12.0 Å². The predicted molar refractivity (Wildman–Crippen MR) is 99.5 cm³/mol. The van der Waals surface area contributed by atoms with Crippen LogP contribution in [0.25, 0.3) is 17.2 Å². The van der Waals surface area contributed by atoms with E-state index in [9.17, 15) is 9.18 Å². The SMILES string of the molecule is C[C@H](NC(=O)/C=C\c1cccnc1)c1cccc(-c2ccc(F)nc2)c1. The van der Waals surface area contributed by atoms with E-state index in [0.29, 0.717) is 0 Å². The molecule has 0 aliphatic carbocycles. The van der Waals surface area contributed by atoms with Crippen molar-refractivity contribution in [2.75, 3.05) is 0 Å². The second kappa shape index (κ2) is 8.16. The van der Waals surface area contributed by atoms with Crippen LogP contribution in [-0.4, -0.2) is 15.9 Å². The van der Waals surface area contributed by atoms with Gasteiger partial charge in [-0.05, 0) is 54.0 Å². The fourth-order valence-electron chi connectivity index (χ4n) is 2.53. The molecule has 0 saturated heterocycles. The van der Waals surface area contributed by atoms with Crippen molar-refractivity contribution in [1.29, 1.82) is 0 Å². The number of hydrogen-bond acceptors (Lipinski definition) is 3. The molecular formula is C21H18FN3O. The summed E-state index contributed by atoms with van der Waals surface area (Å²) >= 11 is 0. The first-order valence-corrected chi connectivity index (χ1v) is 8.22. The van der Waals surface area contributed by atoms with Crippen LogP contribution in [-0.2, 0) is 4.79 Å². The minimum Gasteiger partial charge on any atom is -0.346 e. The summed E-state index contributed by atoms with van der Waals surface area (Å²) in [4.78, 5) is 19.8. The van der Waals surface area contributed by atoms with Crippen LogP contribution in [0, 0.1) is 5.95 Å². The Hall–Kier alpha value is -3.34. The number of rotatable bonds is 5. The van der Waals surface area contributed by atoms with E-state index in [1.165, 1.54) is 18.3 Å². The zero-order valence-corrected chi connectivity index (χ0v) is 14.3. The second-order valence-corrected chi connectivity index (χ2v) is 5.85. The number of nitrogens with zero attached hydrogens (tertiary/aromatic N) is 2. The van der Waals surface area contributed by atoms with Crippen LogP contribution in [0.1, 0.15) is 24.1 Å². The number of benzene rings is 1. The van der Waals surface area contributed by atoms with Gasteiger partial charge in [-0.15, -0.1) is 0 Å². The predicted octanol–water partition coefficient (Wildman–Crippen LogP) is 4.17. The number of aromatic nitrogens is 2. The molecule has 1 amide bonds. The number of nitrogens with one attached hydrogen (secondary N) is 1. The Bertz CT molecular complexity index is 908. The fraction of sp³-hybridized carbons (Fsp3) is 0.0952. The smallest absolute Gasteiger partial charge is 0.244 e. The van der Waals surface area contributed by atoms with Crippen LogP contribution in [0.2, 0.25) is 0 Å². The van der Waals surface area contributed by atoms with E-state index in [2.05, 4.69) is 15.3 Å². The van der Waals surface area contributed by atoms with Crippen molar-refractivity contribution in [2.45, 2.75) is 13.0 Å². The van der Waals surface area contributed by atoms with E-state index in [4.69, 9.17) is 0 Å². The highest BCUT2D eigenvalue weighted by atomic mass is 19.1. The molecule has 0 bridgehead atoms. The summed E-state index contributed by atoms with van der Waals surface area (Å²) in [6.45, 7) is 1.91. The Morgan fingerprint density at radius 1 is 1.12 bits per heavy atom. The Balaban J connectivity index is 1.69. The normalized spacial score (nSPS) is 12.1.